The van der Waals surface area contributed by atoms with Crippen LogP contribution in [0, 0.1) is 17.3 Å². The summed E-state index contributed by atoms with van der Waals surface area (Å²) in [5.41, 5.74) is -0.524. The van der Waals surface area contributed by atoms with Gasteiger partial charge in [-0.15, -0.1) is 0 Å². The van der Waals surface area contributed by atoms with Crippen molar-refractivity contribution in [2.75, 3.05) is 27.4 Å². The van der Waals surface area contributed by atoms with Gasteiger partial charge in [0.25, 0.3) is 0 Å². The highest BCUT2D eigenvalue weighted by Gasteiger charge is 2.38. The predicted molar refractivity (Wildman–Crippen MR) is 129 cm³/mol. The van der Waals surface area contributed by atoms with Crippen LogP contribution in [0.1, 0.15) is 68.2 Å². The van der Waals surface area contributed by atoms with Gasteiger partial charge < -0.3 is 23.7 Å². The Morgan fingerprint density at radius 2 is 1.29 bits per heavy atom. The van der Waals surface area contributed by atoms with E-state index in [0.29, 0.717) is 26.1 Å². The predicted octanol–water partition coefficient (Wildman–Crippen LogP) is 5.04. The van der Waals surface area contributed by atoms with E-state index in [2.05, 4.69) is 40.8 Å². The van der Waals surface area contributed by atoms with Gasteiger partial charge in [-0.05, 0) is 63.6 Å². The zero-order chi connectivity index (χ0) is 24.6. The fraction of sp³-hybridized carbons (Fsp3) is 0.958. The summed E-state index contributed by atoms with van der Waals surface area (Å²) in [4.78, 5) is 12.0. The van der Waals surface area contributed by atoms with Crippen LogP contribution >= 0.6 is 0 Å². The van der Waals surface area contributed by atoms with Gasteiger partial charge in [-0.3, -0.25) is 4.79 Å². The van der Waals surface area contributed by atoms with Gasteiger partial charge >= 0.3 is 5.97 Å². The number of aliphatic hydroxyl groups is 1. The Hall–Kier alpha value is -0.473. The van der Waals surface area contributed by atoms with Crippen molar-refractivity contribution in [3.63, 3.8) is 0 Å². The average Bonchev–Trinajstić information content (AvgIpc) is 2.64. The lowest BCUT2D eigenvalue weighted by Gasteiger charge is -2.37. The Balaban J connectivity index is 4.80. The molecule has 0 aromatic heterocycles. The number of aliphatic hydroxyl groups excluding tert-OH is 1. The maximum atomic E-state index is 12.0. The highest BCUT2D eigenvalue weighted by Crippen LogP contribution is 2.37. The van der Waals surface area contributed by atoms with Crippen molar-refractivity contribution in [2.45, 2.75) is 105 Å². The van der Waals surface area contributed by atoms with Gasteiger partial charge in [0.1, 0.15) is 6.10 Å². The molecule has 0 heterocycles. The topological polar surface area (TPSA) is 74.2 Å². The van der Waals surface area contributed by atoms with E-state index in [0.717, 1.165) is 0 Å². The number of methoxy groups -OCH3 is 2. The summed E-state index contributed by atoms with van der Waals surface area (Å²) in [7, 11) is 1.41. The standard InChI is InChI=1S/C24H50O6Si/c1-17(15-29-22(26)23(3,4)5)13-19(27-9)21(25)20(28-10)14-18(2)16-30-31(11,12)24(6,7)8/h17-21,25H,13-16H2,1-12H3/t17-,18-,19+,20+,21-/m1/s1. The first-order valence-electron chi connectivity index (χ1n) is 11.5. The van der Waals surface area contributed by atoms with Crippen LogP contribution in [0.5, 0.6) is 0 Å². The molecule has 0 aromatic carbocycles. The first-order valence-corrected chi connectivity index (χ1v) is 14.4. The van der Waals surface area contributed by atoms with Crippen molar-refractivity contribution < 1.29 is 28.5 Å². The lowest BCUT2D eigenvalue weighted by atomic mass is 9.93. The number of carbonyl (C=O) groups is 1. The van der Waals surface area contributed by atoms with Crippen LogP contribution in [0.2, 0.25) is 18.1 Å². The van der Waals surface area contributed by atoms with E-state index >= 15 is 0 Å². The fourth-order valence-corrected chi connectivity index (χ4v) is 4.05. The Morgan fingerprint density at radius 3 is 1.65 bits per heavy atom. The first-order chi connectivity index (χ1) is 14.0. The fourth-order valence-electron chi connectivity index (χ4n) is 2.92. The van der Waals surface area contributed by atoms with Crippen molar-refractivity contribution in [3.8, 4) is 0 Å². The molecular formula is C24H50O6Si. The summed E-state index contributed by atoms with van der Waals surface area (Å²) in [5, 5.41) is 11.1. The normalized spacial score (nSPS) is 18.2. The van der Waals surface area contributed by atoms with E-state index in [4.69, 9.17) is 18.6 Å². The molecule has 0 aliphatic heterocycles. The van der Waals surface area contributed by atoms with Crippen LogP contribution in [0.15, 0.2) is 0 Å². The van der Waals surface area contributed by atoms with Gasteiger partial charge in [0, 0.05) is 20.8 Å². The molecule has 5 atom stereocenters. The van der Waals surface area contributed by atoms with Crippen molar-refractivity contribution in [3.05, 3.63) is 0 Å². The first kappa shape index (κ1) is 30.5. The Morgan fingerprint density at radius 1 is 0.871 bits per heavy atom. The molecule has 0 fully saturated rings. The van der Waals surface area contributed by atoms with Gasteiger partial charge in [-0.2, -0.15) is 0 Å². The van der Waals surface area contributed by atoms with E-state index in [1.54, 1.807) is 14.2 Å². The lowest BCUT2D eigenvalue weighted by Crippen LogP contribution is -2.44. The molecule has 7 heteroatoms. The highest BCUT2D eigenvalue weighted by atomic mass is 28.4. The molecule has 0 saturated carbocycles. The number of esters is 1. The second-order valence-electron chi connectivity index (χ2n) is 11.6. The van der Waals surface area contributed by atoms with E-state index in [1.165, 1.54) is 0 Å². The Kier molecular flexibility index (Phi) is 12.5. The van der Waals surface area contributed by atoms with Crippen molar-refractivity contribution >= 4 is 14.3 Å². The van der Waals surface area contributed by atoms with Crippen LogP contribution < -0.4 is 0 Å². The van der Waals surface area contributed by atoms with Crippen LogP contribution in [0.3, 0.4) is 0 Å². The van der Waals surface area contributed by atoms with Crippen molar-refractivity contribution in [1.29, 1.82) is 0 Å². The number of hydrogen-bond donors (Lipinski definition) is 1. The molecule has 0 amide bonds. The number of hydrogen-bond acceptors (Lipinski definition) is 6. The Bertz CT molecular complexity index is 523. The minimum Gasteiger partial charge on any atom is -0.465 e. The van der Waals surface area contributed by atoms with E-state index in [1.807, 2.05) is 27.7 Å². The molecule has 0 aliphatic rings. The molecule has 186 valence electrons. The number of ether oxygens (including phenoxy) is 3. The summed E-state index contributed by atoms with van der Waals surface area (Å²) >= 11 is 0. The molecule has 0 spiro atoms. The van der Waals surface area contributed by atoms with Crippen LogP contribution in [-0.2, 0) is 23.4 Å². The van der Waals surface area contributed by atoms with Crippen molar-refractivity contribution in [2.24, 2.45) is 17.3 Å². The Labute approximate surface area is 192 Å². The summed E-state index contributed by atoms with van der Waals surface area (Å²) in [6.45, 7) is 21.8. The molecule has 1 N–H and O–H groups in total. The molecule has 31 heavy (non-hydrogen) atoms. The van der Waals surface area contributed by atoms with Crippen LogP contribution in [0.4, 0.5) is 0 Å². The smallest absolute Gasteiger partial charge is 0.311 e. The molecule has 0 aliphatic carbocycles. The molecule has 0 bridgehead atoms. The van der Waals surface area contributed by atoms with Gasteiger partial charge in [-0.25, -0.2) is 0 Å². The van der Waals surface area contributed by atoms with Crippen LogP contribution in [-0.4, -0.2) is 65.1 Å². The summed E-state index contributed by atoms with van der Waals surface area (Å²) in [6, 6.07) is 0. The molecule has 0 saturated heterocycles. The maximum absolute atomic E-state index is 12.0. The van der Waals surface area contributed by atoms with E-state index in [9.17, 15) is 9.90 Å². The SMILES string of the molecule is CO[C@@H](C[C@@H](C)COC(=O)C(C)(C)C)[C@@H](O)[C@H](C[C@@H](C)CO[Si](C)(C)C(C)(C)C)OC. The third-order valence-corrected chi connectivity index (χ3v) is 10.8. The zero-order valence-electron chi connectivity index (χ0n) is 22.2. The minimum absolute atomic E-state index is 0.0581. The van der Waals surface area contributed by atoms with Gasteiger partial charge in [0.05, 0.1) is 24.2 Å². The summed E-state index contributed by atoms with van der Waals surface area (Å²) in [5.74, 6) is 0.0818. The lowest BCUT2D eigenvalue weighted by molar-refractivity contribution is -0.155. The van der Waals surface area contributed by atoms with Gasteiger partial charge in [0.2, 0.25) is 0 Å². The summed E-state index contributed by atoms with van der Waals surface area (Å²) < 4.78 is 23.0. The quantitative estimate of drug-likeness (QED) is 0.305. The van der Waals surface area contributed by atoms with E-state index in [-0.39, 0.29) is 28.9 Å². The van der Waals surface area contributed by atoms with Crippen molar-refractivity contribution in [1.82, 2.24) is 0 Å². The second kappa shape index (κ2) is 12.7. The third-order valence-electron chi connectivity index (χ3n) is 6.28. The van der Waals surface area contributed by atoms with Gasteiger partial charge in [0.15, 0.2) is 8.32 Å². The second-order valence-corrected chi connectivity index (χ2v) is 16.4. The van der Waals surface area contributed by atoms with Gasteiger partial charge in [-0.1, -0.05) is 34.6 Å². The molecule has 6 nitrogen and oxygen atoms in total. The largest absolute Gasteiger partial charge is 0.465 e. The highest BCUT2D eigenvalue weighted by molar-refractivity contribution is 6.74. The van der Waals surface area contributed by atoms with E-state index < -0.39 is 25.9 Å². The molecule has 0 rings (SSSR count). The third kappa shape index (κ3) is 10.8. The average molecular weight is 463 g/mol. The van der Waals surface area contributed by atoms with Crippen LogP contribution in [0.25, 0.3) is 0 Å². The minimum atomic E-state index is -1.81. The zero-order valence-corrected chi connectivity index (χ0v) is 23.2. The molecular weight excluding hydrogens is 412 g/mol. The number of rotatable bonds is 13. The monoisotopic (exact) mass is 462 g/mol. The maximum Gasteiger partial charge on any atom is 0.311 e. The molecule has 0 aromatic rings. The summed E-state index contributed by atoms with van der Waals surface area (Å²) in [6.07, 6.45) is -0.274. The molecule has 0 radical (unpaired) electrons. The number of carbonyl (C=O) groups excluding carboxylic acids is 1. The molecule has 0 unspecified atom stereocenters.